The normalized spacial score (nSPS) is 13.5. The van der Waals surface area contributed by atoms with Gasteiger partial charge in [-0.25, -0.2) is 0 Å². The molecule has 4 nitrogen and oxygen atoms in total. The fraction of sp³-hybridized carbons (Fsp3) is 0.500. The zero-order chi connectivity index (χ0) is 9.40. The largest absolute Gasteiger partial charge is 0.303 e. The van der Waals surface area contributed by atoms with Crippen molar-refractivity contribution in [3.8, 4) is 12.1 Å². The third kappa shape index (κ3) is 2.94. The number of rotatable bonds is 5. The molecule has 12 heavy (non-hydrogen) atoms. The average Bonchev–Trinajstić information content (AvgIpc) is 2.11. The van der Waals surface area contributed by atoms with Gasteiger partial charge in [0.25, 0.3) is 0 Å². The molecule has 0 bridgehead atoms. The van der Waals surface area contributed by atoms with Gasteiger partial charge < -0.3 is 9.59 Å². The van der Waals surface area contributed by atoms with E-state index in [1.54, 1.807) is 0 Å². The van der Waals surface area contributed by atoms with Gasteiger partial charge in [-0.05, 0) is 0 Å². The summed E-state index contributed by atoms with van der Waals surface area (Å²) in [7, 11) is 0. The highest BCUT2D eigenvalue weighted by molar-refractivity contribution is 5.53. The van der Waals surface area contributed by atoms with Crippen molar-refractivity contribution in [1.82, 2.24) is 0 Å². The van der Waals surface area contributed by atoms with Gasteiger partial charge in [0, 0.05) is 12.8 Å². The summed E-state index contributed by atoms with van der Waals surface area (Å²) in [6.45, 7) is 0. The van der Waals surface area contributed by atoms with Gasteiger partial charge in [-0.1, -0.05) is 0 Å². The van der Waals surface area contributed by atoms with E-state index in [-0.39, 0.29) is 12.8 Å². The number of hydrogen-bond acceptors (Lipinski definition) is 4. The van der Waals surface area contributed by atoms with Crippen LogP contribution in [-0.4, -0.2) is 12.6 Å². The summed E-state index contributed by atoms with van der Waals surface area (Å²) in [4.78, 5) is 20.1. The lowest BCUT2D eigenvalue weighted by Crippen LogP contribution is -2.12. The third-order valence-corrected chi connectivity index (χ3v) is 1.52. The summed E-state index contributed by atoms with van der Waals surface area (Å²) >= 11 is 0. The second-order valence-corrected chi connectivity index (χ2v) is 2.28. The summed E-state index contributed by atoms with van der Waals surface area (Å²) in [5.41, 5.74) is 0. The van der Waals surface area contributed by atoms with E-state index >= 15 is 0 Å². The van der Waals surface area contributed by atoms with Crippen LogP contribution in [0.3, 0.4) is 0 Å². The molecular weight excluding hydrogens is 156 g/mol. The number of carbonyl (C=O) groups excluding carboxylic acids is 2. The predicted octanol–water partition coefficient (Wildman–Crippen LogP) is 0.444. The molecule has 0 aromatic carbocycles. The van der Waals surface area contributed by atoms with Crippen LogP contribution >= 0.6 is 0 Å². The van der Waals surface area contributed by atoms with Crippen molar-refractivity contribution >= 4 is 12.6 Å². The molecule has 0 saturated carbocycles. The van der Waals surface area contributed by atoms with Gasteiger partial charge in [0.2, 0.25) is 0 Å². The van der Waals surface area contributed by atoms with Gasteiger partial charge >= 0.3 is 0 Å². The van der Waals surface area contributed by atoms with Crippen molar-refractivity contribution < 1.29 is 9.59 Å². The Bertz CT molecular complexity index is 210. The van der Waals surface area contributed by atoms with Crippen molar-refractivity contribution in [3.05, 3.63) is 0 Å². The lowest BCUT2D eigenvalue weighted by molar-refractivity contribution is -0.110. The van der Waals surface area contributed by atoms with Crippen molar-refractivity contribution in [1.29, 1.82) is 10.5 Å². The van der Waals surface area contributed by atoms with Gasteiger partial charge in [-0.15, -0.1) is 0 Å². The first-order valence-corrected chi connectivity index (χ1v) is 3.46. The quantitative estimate of drug-likeness (QED) is 0.552. The van der Waals surface area contributed by atoms with E-state index in [0.29, 0.717) is 12.6 Å². The topological polar surface area (TPSA) is 81.7 Å². The second-order valence-electron chi connectivity index (χ2n) is 2.28. The first-order chi connectivity index (χ1) is 5.79. The van der Waals surface area contributed by atoms with Gasteiger partial charge in [0.05, 0.1) is 24.0 Å². The number of aldehydes is 2. The van der Waals surface area contributed by atoms with E-state index in [1.807, 2.05) is 12.1 Å². The highest BCUT2D eigenvalue weighted by Crippen LogP contribution is 2.15. The van der Waals surface area contributed by atoms with Gasteiger partial charge in [-0.3, -0.25) is 0 Å². The molecule has 62 valence electrons. The maximum Gasteiger partial charge on any atom is 0.121 e. The molecule has 0 aromatic heterocycles. The molecular formula is C8H8N2O2. The first kappa shape index (κ1) is 10.3. The van der Waals surface area contributed by atoms with Gasteiger partial charge in [-0.2, -0.15) is 10.5 Å². The summed E-state index contributed by atoms with van der Waals surface area (Å²) in [5, 5.41) is 17.0. The Kier molecular flexibility index (Phi) is 5.21. The number of nitrogens with zero attached hydrogens (tertiary/aromatic N) is 2. The molecule has 0 saturated heterocycles. The standard InChI is InChI=1S/C8H8N2O2/c9-5-7(1-3-11)8(6-10)2-4-12/h3-4,7-8H,1-2H2. The van der Waals surface area contributed by atoms with Crippen LogP contribution in [0.25, 0.3) is 0 Å². The first-order valence-electron chi connectivity index (χ1n) is 3.46. The minimum absolute atomic E-state index is 0.0164. The summed E-state index contributed by atoms with van der Waals surface area (Å²) in [5.74, 6) is -1.31. The van der Waals surface area contributed by atoms with Crippen LogP contribution in [0.5, 0.6) is 0 Å². The third-order valence-electron chi connectivity index (χ3n) is 1.52. The molecule has 0 fully saturated rings. The molecule has 0 aliphatic rings. The molecule has 0 rings (SSSR count). The lowest BCUT2D eigenvalue weighted by Gasteiger charge is -2.07. The molecule has 0 amide bonds. The molecule has 0 spiro atoms. The van der Waals surface area contributed by atoms with E-state index in [9.17, 15) is 9.59 Å². The maximum atomic E-state index is 10.0. The van der Waals surface area contributed by atoms with Crippen LogP contribution in [0.2, 0.25) is 0 Å². The van der Waals surface area contributed by atoms with Crippen LogP contribution < -0.4 is 0 Å². The van der Waals surface area contributed by atoms with E-state index in [0.717, 1.165) is 0 Å². The molecule has 0 aromatic rings. The summed E-state index contributed by atoms with van der Waals surface area (Å²) in [6, 6.07) is 3.65. The van der Waals surface area contributed by atoms with E-state index in [2.05, 4.69) is 0 Å². The average molecular weight is 164 g/mol. The van der Waals surface area contributed by atoms with Crippen LogP contribution in [0.1, 0.15) is 12.8 Å². The van der Waals surface area contributed by atoms with E-state index < -0.39 is 11.8 Å². The number of hydrogen-bond donors (Lipinski definition) is 0. The van der Waals surface area contributed by atoms with Crippen molar-refractivity contribution in [3.63, 3.8) is 0 Å². The zero-order valence-electron chi connectivity index (χ0n) is 6.43. The predicted molar refractivity (Wildman–Crippen MR) is 39.6 cm³/mol. The van der Waals surface area contributed by atoms with Crippen LogP contribution in [-0.2, 0) is 9.59 Å². The SMILES string of the molecule is N#CC(CC=O)C(C#N)CC=O. The molecule has 4 heteroatoms. The van der Waals surface area contributed by atoms with Crippen molar-refractivity contribution in [2.45, 2.75) is 12.8 Å². The van der Waals surface area contributed by atoms with E-state index in [1.165, 1.54) is 0 Å². The fourth-order valence-corrected chi connectivity index (χ4v) is 0.821. The van der Waals surface area contributed by atoms with Crippen LogP contribution in [0, 0.1) is 34.5 Å². The monoisotopic (exact) mass is 164 g/mol. The maximum absolute atomic E-state index is 10.0. The lowest BCUT2D eigenvalue weighted by atomic mass is 9.90. The van der Waals surface area contributed by atoms with Crippen molar-refractivity contribution in [2.75, 3.05) is 0 Å². The molecule has 0 aliphatic heterocycles. The molecule has 2 unspecified atom stereocenters. The Balaban J connectivity index is 4.26. The Morgan fingerprint density at radius 2 is 1.33 bits per heavy atom. The zero-order valence-corrected chi connectivity index (χ0v) is 6.43. The van der Waals surface area contributed by atoms with Crippen molar-refractivity contribution in [2.24, 2.45) is 11.8 Å². The second kappa shape index (κ2) is 6.06. The van der Waals surface area contributed by atoms with Crippen LogP contribution in [0.4, 0.5) is 0 Å². The minimum Gasteiger partial charge on any atom is -0.303 e. The Labute approximate surface area is 70.4 Å². The molecule has 0 N–H and O–H groups in total. The highest BCUT2D eigenvalue weighted by atomic mass is 16.1. The van der Waals surface area contributed by atoms with Gasteiger partial charge in [0.15, 0.2) is 0 Å². The number of nitriles is 2. The fourth-order valence-electron chi connectivity index (χ4n) is 0.821. The molecule has 0 aliphatic carbocycles. The number of carbonyl (C=O) groups is 2. The summed E-state index contributed by atoms with van der Waals surface area (Å²) in [6.07, 6.45) is 1.21. The molecule has 0 radical (unpaired) electrons. The summed E-state index contributed by atoms with van der Waals surface area (Å²) < 4.78 is 0. The van der Waals surface area contributed by atoms with Crippen LogP contribution in [0.15, 0.2) is 0 Å². The highest BCUT2D eigenvalue weighted by Gasteiger charge is 2.19. The van der Waals surface area contributed by atoms with E-state index in [4.69, 9.17) is 10.5 Å². The Hall–Kier alpha value is -1.68. The molecule has 2 atom stereocenters. The van der Waals surface area contributed by atoms with Gasteiger partial charge in [0.1, 0.15) is 12.6 Å². The Morgan fingerprint density at radius 1 is 1.00 bits per heavy atom. The smallest absolute Gasteiger partial charge is 0.121 e. The molecule has 0 heterocycles. The Morgan fingerprint density at radius 3 is 1.50 bits per heavy atom. The minimum atomic E-state index is -0.655.